The highest BCUT2D eigenvalue weighted by Gasteiger charge is 2.16. The van der Waals surface area contributed by atoms with Crippen molar-refractivity contribution >= 4 is 45.9 Å². The zero-order valence-electron chi connectivity index (χ0n) is 17.4. The highest BCUT2D eigenvalue weighted by atomic mass is 35.5. The third-order valence-electron chi connectivity index (χ3n) is 4.98. The molecule has 1 amide bonds. The number of fused-ring (bicyclic) bond motifs is 1. The summed E-state index contributed by atoms with van der Waals surface area (Å²) < 4.78 is 15.1. The maximum atomic E-state index is 13.7. The number of carbonyl (C=O) groups excluding carboxylic acids is 1. The molecule has 3 aromatic carbocycles. The number of carbonyl (C=O) groups is 1. The predicted octanol–water partition coefficient (Wildman–Crippen LogP) is 5.53. The van der Waals surface area contributed by atoms with Gasteiger partial charge in [-0.05, 0) is 55.3 Å². The second kappa shape index (κ2) is 9.14. The Bertz CT molecular complexity index is 1380. The highest BCUT2D eigenvalue weighted by molar-refractivity contribution is 7.99. The lowest BCUT2D eigenvalue weighted by Crippen LogP contribution is -2.23. The van der Waals surface area contributed by atoms with E-state index in [2.05, 4.69) is 10.3 Å². The number of anilines is 1. The average Bonchev–Trinajstić information content (AvgIpc) is 2.77. The van der Waals surface area contributed by atoms with E-state index in [1.165, 1.54) is 22.8 Å². The van der Waals surface area contributed by atoms with Gasteiger partial charge in [-0.2, -0.15) is 0 Å². The van der Waals surface area contributed by atoms with Crippen molar-refractivity contribution in [2.45, 2.75) is 19.0 Å². The smallest absolute Gasteiger partial charge is 0.266 e. The first-order chi connectivity index (χ1) is 15.3. The van der Waals surface area contributed by atoms with E-state index in [0.717, 1.165) is 28.6 Å². The maximum Gasteiger partial charge on any atom is 0.266 e. The maximum absolute atomic E-state index is 13.7. The van der Waals surface area contributed by atoms with Crippen LogP contribution in [0.25, 0.3) is 16.6 Å². The summed E-state index contributed by atoms with van der Waals surface area (Å²) >= 11 is 7.08. The van der Waals surface area contributed by atoms with Crippen molar-refractivity contribution in [1.82, 2.24) is 9.55 Å². The van der Waals surface area contributed by atoms with Gasteiger partial charge in [-0.15, -0.1) is 0 Å². The molecule has 4 rings (SSSR count). The van der Waals surface area contributed by atoms with Gasteiger partial charge in [0.25, 0.3) is 5.56 Å². The van der Waals surface area contributed by atoms with Crippen LogP contribution in [0.3, 0.4) is 0 Å². The van der Waals surface area contributed by atoms with Gasteiger partial charge in [0.1, 0.15) is 5.82 Å². The molecule has 1 heterocycles. The molecule has 5 nitrogen and oxygen atoms in total. The third kappa shape index (κ3) is 4.40. The van der Waals surface area contributed by atoms with Gasteiger partial charge >= 0.3 is 0 Å². The van der Waals surface area contributed by atoms with E-state index in [9.17, 15) is 14.0 Å². The molecule has 162 valence electrons. The summed E-state index contributed by atoms with van der Waals surface area (Å²) in [5.74, 6) is -0.772. The van der Waals surface area contributed by atoms with E-state index >= 15 is 0 Å². The standard InChI is InChI=1S/C24H19ClFN3O2S/c1-14-6-5-7-15(2)22(14)28-21(30)13-32-24-27-20-9-4-3-8-17(20)23(31)29(24)16-10-11-19(26)18(25)12-16/h3-12H,13H2,1-2H3,(H,28,30). The number of halogens is 2. The number of benzene rings is 3. The molecule has 0 saturated heterocycles. The highest BCUT2D eigenvalue weighted by Crippen LogP contribution is 2.25. The minimum absolute atomic E-state index is 0.0352. The summed E-state index contributed by atoms with van der Waals surface area (Å²) in [4.78, 5) is 30.5. The zero-order valence-corrected chi connectivity index (χ0v) is 18.9. The molecule has 32 heavy (non-hydrogen) atoms. The van der Waals surface area contributed by atoms with Crippen LogP contribution >= 0.6 is 23.4 Å². The summed E-state index contributed by atoms with van der Waals surface area (Å²) in [5.41, 5.74) is 3.26. The normalized spacial score (nSPS) is 11.0. The minimum atomic E-state index is -0.584. The molecule has 1 N–H and O–H groups in total. The van der Waals surface area contributed by atoms with Gasteiger partial charge in [-0.3, -0.25) is 14.2 Å². The van der Waals surface area contributed by atoms with Crippen LogP contribution in [0.2, 0.25) is 5.02 Å². The molecule has 0 aliphatic heterocycles. The lowest BCUT2D eigenvalue weighted by Gasteiger charge is -2.14. The number of aromatic nitrogens is 2. The third-order valence-corrected chi connectivity index (χ3v) is 6.21. The van der Waals surface area contributed by atoms with Crippen molar-refractivity contribution in [3.8, 4) is 5.69 Å². The van der Waals surface area contributed by atoms with E-state index in [1.54, 1.807) is 24.3 Å². The summed E-state index contributed by atoms with van der Waals surface area (Å²) in [5, 5.41) is 3.55. The molecular weight excluding hydrogens is 449 g/mol. The first-order valence-electron chi connectivity index (χ1n) is 9.81. The fourth-order valence-corrected chi connectivity index (χ4v) is 4.37. The molecule has 0 saturated carbocycles. The van der Waals surface area contributed by atoms with Crippen LogP contribution in [0.15, 0.2) is 70.6 Å². The summed E-state index contributed by atoms with van der Waals surface area (Å²) in [6.45, 7) is 3.85. The first kappa shape index (κ1) is 22.0. The molecule has 0 unspecified atom stereocenters. The first-order valence-corrected chi connectivity index (χ1v) is 11.2. The van der Waals surface area contributed by atoms with Gasteiger partial charge in [0.15, 0.2) is 5.16 Å². The average molecular weight is 468 g/mol. The Kier molecular flexibility index (Phi) is 6.30. The van der Waals surface area contributed by atoms with Gasteiger partial charge in [0, 0.05) is 5.69 Å². The van der Waals surface area contributed by atoms with Crippen LogP contribution in [0.5, 0.6) is 0 Å². The van der Waals surface area contributed by atoms with E-state index in [1.807, 2.05) is 32.0 Å². The number of nitrogens with zero attached hydrogens (tertiary/aromatic N) is 2. The number of thioether (sulfide) groups is 1. The number of hydrogen-bond acceptors (Lipinski definition) is 4. The largest absolute Gasteiger partial charge is 0.325 e. The Labute approximate surface area is 193 Å². The van der Waals surface area contributed by atoms with Gasteiger partial charge in [0.05, 0.1) is 27.4 Å². The van der Waals surface area contributed by atoms with E-state index in [0.29, 0.717) is 21.7 Å². The molecule has 4 aromatic rings. The van der Waals surface area contributed by atoms with Crippen molar-refractivity contribution in [3.05, 3.63) is 93.0 Å². The molecule has 1 aromatic heterocycles. The second-order valence-corrected chi connectivity index (χ2v) is 8.60. The summed E-state index contributed by atoms with van der Waals surface area (Å²) in [7, 11) is 0. The molecule has 0 radical (unpaired) electrons. The molecule has 0 bridgehead atoms. The molecule has 0 atom stereocenters. The van der Waals surface area contributed by atoms with Crippen LogP contribution in [-0.2, 0) is 4.79 Å². The van der Waals surface area contributed by atoms with Crippen molar-refractivity contribution in [2.24, 2.45) is 0 Å². The molecule has 0 spiro atoms. The van der Waals surface area contributed by atoms with E-state index in [4.69, 9.17) is 11.6 Å². The number of amides is 1. The van der Waals surface area contributed by atoms with Crippen molar-refractivity contribution in [2.75, 3.05) is 11.1 Å². The van der Waals surface area contributed by atoms with E-state index in [-0.39, 0.29) is 22.2 Å². The topological polar surface area (TPSA) is 64.0 Å². The molecule has 0 fully saturated rings. The Morgan fingerprint density at radius 3 is 2.53 bits per heavy atom. The molecule has 8 heteroatoms. The summed E-state index contributed by atoms with van der Waals surface area (Å²) in [6.07, 6.45) is 0. The Morgan fingerprint density at radius 1 is 1.09 bits per heavy atom. The number of rotatable bonds is 5. The number of aryl methyl sites for hydroxylation is 2. The minimum Gasteiger partial charge on any atom is -0.325 e. The second-order valence-electron chi connectivity index (χ2n) is 7.25. The van der Waals surface area contributed by atoms with Crippen molar-refractivity contribution < 1.29 is 9.18 Å². The summed E-state index contributed by atoms with van der Waals surface area (Å²) in [6, 6.07) is 16.8. The Hall–Kier alpha value is -3.16. The zero-order chi connectivity index (χ0) is 22.8. The molecule has 0 aliphatic carbocycles. The Morgan fingerprint density at radius 2 is 1.81 bits per heavy atom. The Balaban J connectivity index is 1.70. The predicted molar refractivity (Wildman–Crippen MR) is 128 cm³/mol. The monoisotopic (exact) mass is 467 g/mol. The molecular formula is C24H19ClFN3O2S. The van der Waals surface area contributed by atoms with Crippen LogP contribution in [-0.4, -0.2) is 21.2 Å². The van der Waals surface area contributed by atoms with Crippen LogP contribution in [0.4, 0.5) is 10.1 Å². The molecule has 0 aliphatic rings. The lowest BCUT2D eigenvalue weighted by atomic mass is 10.1. The number of para-hydroxylation sites is 2. The van der Waals surface area contributed by atoms with E-state index < -0.39 is 5.82 Å². The number of hydrogen-bond donors (Lipinski definition) is 1. The lowest BCUT2D eigenvalue weighted by molar-refractivity contribution is -0.113. The fraction of sp³-hybridized carbons (Fsp3) is 0.125. The van der Waals surface area contributed by atoms with Crippen LogP contribution in [0.1, 0.15) is 11.1 Å². The van der Waals surface area contributed by atoms with Gasteiger partial charge in [-0.25, -0.2) is 9.37 Å². The van der Waals surface area contributed by atoms with Gasteiger partial charge in [-0.1, -0.05) is 53.7 Å². The fourth-order valence-electron chi connectivity index (χ4n) is 3.38. The SMILES string of the molecule is Cc1cccc(C)c1NC(=O)CSc1nc2ccccc2c(=O)n1-c1ccc(F)c(Cl)c1. The van der Waals surface area contributed by atoms with Crippen LogP contribution < -0.4 is 10.9 Å². The van der Waals surface area contributed by atoms with Crippen molar-refractivity contribution in [1.29, 1.82) is 0 Å². The van der Waals surface area contributed by atoms with Crippen molar-refractivity contribution in [3.63, 3.8) is 0 Å². The van der Waals surface area contributed by atoms with Crippen LogP contribution in [0, 0.1) is 19.7 Å². The van der Waals surface area contributed by atoms with Gasteiger partial charge < -0.3 is 5.32 Å². The van der Waals surface area contributed by atoms with Gasteiger partial charge in [0.2, 0.25) is 5.91 Å². The quantitative estimate of drug-likeness (QED) is 0.310. The number of nitrogens with one attached hydrogen (secondary N) is 1.